The first-order chi connectivity index (χ1) is 14.9. The second kappa shape index (κ2) is 8.63. The van der Waals surface area contributed by atoms with Crippen molar-refractivity contribution in [1.29, 1.82) is 0 Å². The maximum atomic E-state index is 11.7. The van der Waals surface area contributed by atoms with Gasteiger partial charge < -0.3 is 14.1 Å². The van der Waals surface area contributed by atoms with Crippen molar-refractivity contribution < 1.29 is 14.6 Å². The molecular formula is C25H26N2O3S. The van der Waals surface area contributed by atoms with Gasteiger partial charge in [-0.3, -0.25) is 9.78 Å². The van der Waals surface area contributed by atoms with Crippen LogP contribution in [0.5, 0.6) is 5.75 Å². The average molecular weight is 435 g/mol. The van der Waals surface area contributed by atoms with Gasteiger partial charge >= 0.3 is 5.97 Å². The number of nitrogens with zero attached hydrogens (tertiary/aromatic N) is 2. The number of carboxylic acid groups (broad SMARTS) is 1. The van der Waals surface area contributed by atoms with Crippen LogP contribution in [0.15, 0.2) is 42.6 Å². The van der Waals surface area contributed by atoms with Crippen molar-refractivity contribution in [1.82, 2.24) is 4.98 Å². The smallest absolute Gasteiger partial charge is 0.307 e. The van der Waals surface area contributed by atoms with Gasteiger partial charge in [0.05, 0.1) is 37.2 Å². The first-order valence-corrected chi connectivity index (χ1v) is 11.5. The Morgan fingerprint density at radius 3 is 2.58 bits per heavy atom. The number of hydrogen-bond acceptors (Lipinski definition) is 5. The van der Waals surface area contributed by atoms with E-state index in [4.69, 9.17) is 9.72 Å². The molecule has 2 heterocycles. The van der Waals surface area contributed by atoms with Crippen LogP contribution >= 0.6 is 11.9 Å². The Morgan fingerprint density at radius 1 is 1.19 bits per heavy atom. The maximum absolute atomic E-state index is 11.7. The van der Waals surface area contributed by atoms with Gasteiger partial charge in [-0.1, -0.05) is 41.8 Å². The molecule has 1 aliphatic rings. The lowest BCUT2D eigenvalue weighted by Crippen LogP contribution is -2.22. The molecule has 4 rings (SSSR count). The summed E-state index contributed by atoms with van der Waals surface area (Å²) in [4.78, 5) is 16.5. The van der Waals surface area contributed by atoms with Gasteiger partial charge in [0.1, 0.15) is 5.75 Å². The molecule has 0 bridgehead atoms. The number of aliphatic carboxylic acids is 1. The van der Waals surface area contributed by atoms with Gasteiger partial charge in [0.15, 0.2) is 0 Å². The highest BCUT2D eigenvalue weighted by atomic mass is 32.2. The second-order valence-electron chi connectivity index (χ2n) is 7.69. The van der Waals surface area contributed by atoms with E-state index < -0.39 is 5.97 Å². The van der Waals surface area contributed by atoms with Crippen molar-refractivity contribution in [2.24, 2.45) is 0 Å². The molecule has 6 heteroatoms. The van der Waals surface area contributed by atoms with E-state index in [-0.39, 0.29) is 6.42 Å². The highest BCUT2D eigenvalue weighted by Crippen LogP contribution is 2.47. The second-order valence-corrected chi connectivity index (χ2v) is 8.50. The monoisotopic (exact) mass is 434 g/mol. The van der Waals surface area contributed by atoms with Gasteiger partial charge in [0.2, 0.25) is 0 Å². The summed E-state index contributed by atoms with van der Waals surface area (Å²) in [5.74, 6) is -0.0634. The molecular weight excluding hydrogens is 408 g/mol. The van der Waals surface area contributed by atoms with E-state index in [2.05, 4.69) is 40.7 Å². The van der Waals surface area contributed by atoms with Crippen LogP contribution in [-0.4, -0.2) is 28.9 Å². The molecule has 0 fully saturated rings. The number of benzene rings is 2. The molecule has 1 N–H and O–H groups in total. The fourth-order valence-electron chi connectivity index (χ4n) is 4.21. The highest BCUT2D eigenvalue weighted by molar-refractivity contribution is 7.99. The quantitative estimate of drug-likeness (QED) is 0.506. The molecule has 0 radical (unpaired) electrons. The normalized spacial score (nSPS) is 12.3. The van der Waals surface area contributed by atoms with Gasteiger partial charge in [-0.05, 0) is 55.2 Å². The number of aromatic nitrogens is 1. The number of carboxylic acids is 1. The zero-order chi connectivity index (χ0) is 22.1. The molecule has 31 heavy (non-hydrogen) atoms. The molecule has 2 aromatic carbocycles. The van der Waals surface area contributed by atoms with E-state index in [9.17, 15) is 9.90 Å². The summed E-state index contributed by atoms with van der Waals surface area (Å²) in [6.45, 7) is 7.32. The number of anilines is 1. The molecule has 0 saturated heterocycles. The number of ether oxygens (including phenoxy) is 1. The Labute approximate surface area is 187 Å². The third-order valence-electron chi connectivity index (χ3n) is 5.66. The fourth-order valence-corrected chi connectivity index (χ4v) is 4.89. The molecule has 160 valence electrons. The summed E-state index contributed by atoms with van der Waals surface area (Å²) in [5.41, 5.74) is 9.08. The minimum Gasteiger partial charge on any atom is -0.492 e. The number of carbonyl (C=O) groups is 1. The number of rotatable bonds is 6. The van der Waals surface area contributed by atoms with Crippen molar-refractivity contribution >= 4 is 23.6 Å². The van der Waals surface area contributed by atoms with Crippen LogP contribution in [0.4, 0.5) is 5.69 Å². The molecule has 0 aliphatic carbocycles. The topological polar surface area (TPSA) is 62.7 Å². The van der Waals surface area contributed by atoms with Gasteiger partial charge in [-0.25, -0.2) is 0 Å². The van der Waals surface area contributed by atoms with E-state index in [1.54, 1.807) is 18.1 Å². The lowest BCUT2D eigenvalue weighted by atomic mass is 9.86. The molecule has 0 saturated carbocycles. The molecule has 3 aromatic rings. The molecule has 0 unspecified atom stereocenters. The lowest BCUT2D eigenvalue weighted by Gasteiger charge is -2.33. The van der Waals surface area contributed by atoms with Crippen LogP contribution in [0.1, 0.15) is 29.2 Å². The number of aryl methyl sites for hydroxylation is 1. The van der Waals surface area contributed by atoms with Crippen LogP contribution in [0.2, 0.25) is 0 Å². The summed E-state index contributed by atoms with van der Waals surface area (Å²) in [6.07, 6.45) is 3.79. The zero-order valence-corrected chi connectivity index (χ0v) is 19.0. The minimum atomic E-state index is -0.831. The minimum absolute atomic E-state index is 0.0197. The van der Waals surface area contributed by atoms with Crippen LogP contribution in [-0.2, 0) is 17.8 Å². The maximum Gasteiger partial charge on any atom is 0.307 e. The summed E-state index contributed by atoms with van der Waals surface area (Å²) in [7, 11) is 0. The Bertz CT molecular complexity index is 1140. The third-order valence-corrected chi connectivity index (χ3v) is 6.41. The third kappa shape index (κ3) is 4.00. The van der Waals surface area contributed by atoms with Crippen molar-refractivity contribution in [3.05, 3.63) is 64.8 Å². The Hall–Kier alpha value is -2.99. The van der Waals surface area contributed by atoms with E-state index in [1.165, 1.54) is 5.56 Å². The molecule has 5 nitrogen and oxygen atoms in total. The predicted octanol–water partition coefficient (Wildman–Crippen LogP) is 5.66. The standard InChI is InChI=1S/C25H26N2O3S/c1-5-30-19-10-18-14-27(31-4)25-16(3)20(12-23(28)29)21(11-22(25)24(18)26-13-19)17-8-6-15(2)7-9-17/h6-11,13H,5,12,14H2,1-4H3,(H,28,29). The van der Waals surface area contributed by atoms with Crippen molar-refractivity contribution in [2.75, 3.05) is 17.2 Å². The molecule has 0 amide bonds. The molecule has 1 aromatic heterocycles. The van der Waals surface area contributed by atoms with Crippen molar-refractivity contribution in [3.8, 4) is 28.1 Å². The predicted molar refractivity (Wildman–Crippen MR) is 127 cm³/mol. The summed E-state index contributed by atoms with van der Waals surface area (Å²) < 4.78 is 7.88. The van der Waals surface area contributed by atoms with E-state index in [1.807, 2.05) is 27.0 Å². The van der Waals surface area contributed by atoms with E-state index in [0.717, 1.165) is 50.5 Å². The van der Waals surface area contributed by atoms with Crippen LogP contribution < -0.4 is 9.04 Å². The van der Waals surface area contributed by atoms with Crippen LogP contribution in [0.25, 0.3) is 22.4 Å². The van der Waals surface area contributed by atoms with Crippen LogP contribution in [0, 0.1) is 13.8 Å². The SMILES string of the molecule is CCOc1cnc2c(c1)CN(SC)c1c-2cc(-c2ccc(C)cc2)c(CC(=O)O)c1C. The number of pyridine rings is 1. The summed E-state index contributed by atoms with van der Waals surface area (Å²) in [6, 6.07) is 12.4. The average Bonchev–Trinajstić information content (AvgIpc) is 2.75. The van der Waals surface area contributed by atoms with E-state index >= 15 is 0 Å². The highest BCUT2D eigenvalue weighted by Gasteiger charge is 2.29. The van der Waals surface area contributed by atoms with Gasteiger partial charge in [-0.15, -0.1) is 0 Å². The Kier molecular flexibility index (Phi) is 5.92. The van der Waals surface area contributed by atoms with Crippen molar-refractivity contribution in [3.63, 3.8) is 0 Å². The molecule has 0 spiro atoms. The largest absolute Gasteiger partial charge is 0.492 e. The number of fused-ring (bicyclic) bond motifs is 3. The summed E-state index contributed by atoms with van der Waals surface area (Å²) >= 11 is 1.63. The first-order valence-electron chi connectivity index (χ1n) is 10.3. The fraction of sp³-hybridized carbons (Fsp3) is 0.280. The van der Waals surface area contributed by atoms with E-state index in [0.29, 0.717) is 13.2 Å². The first kappa shape index (κ1) is 21.2. The Balaban J connectivity index is 1.98. The van der Waals surface area contributed by atoms with Gasteiger partial charge in [0.25, 0.3) is 0 Å². The molecule has 0 atom stereocenters. The summed E-state index contributed by atoms with van der Waals surface area (Å²) in [5, 5.41) is 9.63. The van der Waals surface area contributed by atoms with Gasteiger partial charge in [-0.2, -0.15) is 0 Å². The van der Waals surface area contributed by atoms with Crippen molar-refractivity contribution in [2.45, 2.75) is 33.7 Å². The van der Waals surface area contributed by atoms with Crippen LogP contribution in [0.3, 0.4) is 0 Å². The van der Waals surface area contributed by atoms with Gasteiger partial charge in [0, 0.05) is 17.4 Å². The zero-order valence-electron chi connectivity index (χ0n) is 18.2. The lowest BCUT2D eigenvalue weighted by molar-refractivity contribution is -0.136. The Morgan fingerprint density at radius 2 is 1.94 bits per heavy atom. The number of hydrogen-bond donors (Lipinski definition) is 1. The molecule has 1 aliphatic heterocycles.